The van der Waals surface area contributed by atoms with E-state index in [0.29, 0.717) is 17.3 Å². The normalized spacial score (nSPS) is 11.3. The van der Waals surface area contributed by atoms with E-state index in [9.17, 15) is 23.1 Å². The van der Waals surface area contributed by atoms with E-state index in [0.717, 1.165) is 28.8 Å². The summed E-state index contributed by atoms with van der Waals surface area (Å²) >= 11 is 0. The maximum atomic E-state index is 12.6. The molecule has 0 aliphatic heterocycles. The fourth-order valence-electron chi connectivity index (χ4n) is 3.42. The second-order valence-electron chi connectivity index (χ2n) is 7.53. The first kappa shape index (κ1) is 22.8. The van der Waals surface area contributed by atoms with Crippen LogP contribution in [-0.2, 0) is 0 Å². The van der Waals surface area contributed by atoms with Gasteiger partial charge >= 0.3 is 12.3 Å². The van der Waals surface area contributed by atoms with Crippen LogP contribution in [0.3, 0.4) is 0 Å². The monoisotopic (exact) mass is 468 g/mol. The third-order valence-corrected chi connectivity index (χ3v) is 4.92. The van der Waals surface area contributed by atoms with Gasteiger partial charge < -0.3 is 15.2 Å². The van der Waals surface area contributed by atoms with Crippen molar-refractivity contribution in [3.8, 4) is 22.8 Å². The Bertz CT molecular complexity index is 1370. The Kier molecular flexibility index (Phi) is 5.97. The molecular weight excluding hydrogens is 449 g/mol. The first-order chi connectivity index (χ1) is 16.1. The Hall–Kier alpha value is -4.34. The number of nitrogens with one attached hydrogen (secondary N) is 1. The molecule has 0 amide bonds. The van der Waals surface area contributed by atoms with Gasteiger partial charge in [0, 0.05) is 17.8 Å². The zero-order valence-electron chi connectivity index (χ0n) is 18.1. The molecule has 34 heavy (non-hydrogen) atoms. The van der Waals surface area contributed by atoms with E-state index < -0.39 is 23.6 Å². The zero-order valence-corrected chi connectivity index (χ0v) is 18.1. The standard InChI is InChI=1S/C24H19F3N4O3/c1-14-5-3-7-16(11-14)20-13-21(31(30-20)22-15(2)6-4-10-28-22)29-19-9-8-17(34-24(25,26)27)12-18(19)23(32)33/h3-13,29H,1-2H3,(H,32,33). The molecule has 0 saturated carbocycles. The molecule has 174 valence electrons. The summed E-state index contributed by atoms with van der Waals surface area (Å²) in [5.41, 5.74) is 2.95. The minimum absolute atomic E-state index is 0.0625. The molecule has 0 fully saturated rings. The van der Waals surface area contributed by atoms with Crippen LogP contribution >= 0.6 is 0 Å². The highest BCUT2D eigenvalue weighted by Crippen LogP contribution is 2.32. The maximum Gasteiger partial charge on any atom is 0.573 e. The van der Waals surface area contributed by atoms with Crippen molar-refractivity contribution in [3.05, 3.63) is 83.6 Å². The van der Waals surface area contributed by atoms with E-state index in [1.54, 1.807) is 18.3 Å². The van der Waals surface area contributed by atoms with Crippen LogP contribution in [0, 0.1) is 13.8 Å². The van der Waals surface area contributed by atoms with Crippen LogP contribution < -0.4 is 10.1 Å². The Morgan fingerprint density at radius 2 is 1.85 bits per heavy atom. The molecule has 2 N–H and O–H groups in total. The molecule has 2 heterocycles. The molecule has 10 heteroatoms. The molecule has 0 aliphatic carbocycles. The molecule has 4 rings (SSSR count). The maximum absolute atomic E-state index is 12.6. The second kappa shape index (κ2) is 8.89. The highest BCUT2D eigenvalue weighted by atomic mass is 19.4. The van der Waals surface area contributed by atoms with Crippen LogP contribution in [0.4, 0.5) is 24.7 Å². The Balaban J connectivity index is 1.81. The van der Waals surface area contributed by atoms with Crippen LogP contribution in [0.5, 0.6) is 5.75 Å². The van der Waals surface area contributed by atoms with Gasteiger partial charge in [-0.2, -0.15) is 9.78 Å². The summed E-state index contributed by atoms with van der Waals surface area (Å²) in [5.74, 6) is -1.16. The lowest BCUT2D eigenvalue weighted by atomic mass is 10.1. The lowest BCUT2D eigenvalue weighted by molar-refractivity contribution is -0.274. The van der Waals surface area contributed by atoms with Gasteiger partial charge in [-0.25, -0.2) is 9.78 Å². The summed E-state index contributed by atoms with van der Waals surface area (Å²) in [7, 11) is 0. The molecule has 2 aromatic carbocycles. The minimum atomic E-state index is -4.94. The summed E-state index contributed by atoms with van der Waals surface area (Å²) < 4.78 is 43.2. The molecule has 0 spiro atoms. The van der Waals surface area contributed by atoms with Crippen molar-refractivity contribution in [3.63, 3.8) is 0 Å². The number of carboxylic acid groups (broad SMARTS) is 1. The predicted octanol–water partition coefficient (Wildman–Crippen LogP) is 5.89. The fourth-order valence-corrected chi connectivity index (χ4v) is 3.42. The number of halogens is 3. The molecular formula is C24H19F3N4O3. The van der Waals surface area contributed by atoms with E-state index in [2.05, 4.69) is 20.1 Å². The van der Waals surface area contributed by atoms with E-state index >= 15 is 0 Å². The van der Waals surface area contributed by atoms with Crippen LogP contribution in [0.1, 0.15) is 21.5 Å². The van der Waals surface area contributed by atoms with Gasteiger partial charge in [0.05, 0.1) is 16.9 Å². The second-order valence-corrected chi connectivity index (χ2v) is 7.53. The van der Waals surface area contributed by atoms with Gasteiger partial charge in [0.25, 0.3) is 0 Å². The Morgan fingerprint density at radius 1 is 1.06 bits per heavy atom. The lowest BCUT2D eigenvalue weighted by Crippen LogP contribution is -2.17. The number of alkyl halides is 3. The number of nitrogens with zero attached hydrogens (tertiary/aromatic N) is 3. The summed E-state index contributed by atoms with van der Waals surface area (Å²) in [6.07, 6.45) is -3.34. The van der Waals surface area contributed by atoms with Crippen molar-refractivity contribution in [2.45, 2.75) is 20.2 Å². The summed E-state index contributed by atoms with van der Waals surface area (Å²) in [6, 6.07) is 16.1. The Morgan fingerprint density at radius 3 is 2.53 bits per heavy atom. The number of hydrogen-bond acceptors (Lipinski definition) is 5. The van der Waals surface area contributed by atoms with Crippen LogP contribution in [0.15, 0.2) is 66.9 Å². The van der Waals surface area contributed by atoms with E-state index in [4.69, 9.17) is 0 Å². The number of anilines is 2. The lowest BCUT2D eigenvalue weighted by Gasteiger charge is -2.14. The third kappa shape index (κ3) is 5.01. The average molecular weight is 468 g/mol. The number of hydrogen-bond donors (Lipinski definition) is 2. The topological polar surface area (TPSA) is 89.3 Å². The molecule has 0 saturated heterocycles. The number of aromatic carboxylic acids is 1. The van der Waals surface area contributed by atoms with Crippen molar-refractivity contribution in [1.29, 1.82) is 0 Å². The largest absolute Gasteiger partial charge is 0.573 e. The zero-order chi connectivity index (χ0) is 24.5. The van der Waals surface area contributed by atoms with Gasteiger partial charge in [-0.3, -0.25) is 0 Å². The molecule has 0 atom stereocenters. The van der Waals surface area contributed by atoms with E-state index in [-0.39, 0.29) is 5.69 Å². The van der Waals surface area contributed by atoms with E-state index in [1.807, 2.05) is 44.2 Å². The molecule has 0 unspecified atom stereocenters. The highest BCUT2D eigenvalue weighted by Gasteiger charge is 2.31. The first-order valence-electron chi connectivity index (χ1n) is 10.1. The molecule has 0 aliphatic rings. The Labute approximate surface area is 192 Å². The third-order valence-electron chi connectivity index (χ3n) is 4.92. The first-order valence-corrected chi connectivity index (χ1v) is 10.1. The van der Waals surface area contributed by atoms with Crippen LogP contribution in [0.25, 0.3) is 17.1 Å². The number of carboxylic acids is 1. The van der Waals surface area contributed by atoms with E-state index in [1.165, 1.54) is 10.7 Å². The van der Waals surface area contributed by atoms with Gasteiger partial charge in [-0.1, -0.05) is 29.8 Å². The van der Waals surface area contributed by atoms with Gasteiger partial charge in [-0.15, -0.1) is 13.2 Å². The quantitative estimate of drug-likeness (QED) is 0.367. The average Bonchev–Trinajstić information content (AvgIpc) is 3.17. The number of pyridine rings is 1. The summed E-state index contributed by atoms with van der Waals surface area (Å²) in [6.45, 7) is 3.80. The van der Waals surface area contributed by atoms with Crippen LogP contribution in [0.2, 0.25) is 0 Å². The van der Waals surface area contributed by atoms with Gasteiger partial charge in [0.2, 0.25) is 0 Å². The molecule has 7 nitrogen and oxygen atoms in total. The van der Waals surface area contributed by atoms with Crippen molar-refractivity contribution in [2.75, 3.05) is 5.32 Å². The summed E-state index contributed by atoms with van der Waals surface area (Å²) in [5, 5.41) is 17.2. The fraction of sp³-hybridized carbons (Fsp3) is 0.125. The van der Waals surface area contributed by atoms with Crippen molar-refractivity contribution in [1.82, 2.24) is 14.8 Å². The van der Waals surface area contributed by atoms with Gasteiger partial charge in [-0.05, 0) is 49.7 Å². The molecule has 0 radical (unpaired) electrons. The SMILES string of the molecule is Cc1cccc(-c2cc(Nc3ccc(OC(F)(F)F)cc3C(=O)O)n(-c3ncccc3C)n2)c1. The number of aryl methyl sites for hydroxylation is 2. The summed E-state index contributed by atoms with van der Waals surface area (Å²) in [4.78, 5) is 16.2. The highest BCUT2D eigenvalue weighted by molar-refractivity contribution is 5.95. The minimum Gasteiger partial charge on any atom is -0.478 e. The van der Waals surface area contributed by atoms with Gasteiger partial charge in [0.1, 0.15) is 11.6 Å². The van der Waals surface area contributed by atoms with Crippen molar-refractivity contribution < 1.29 is 27.8 Å². The van der Waals surface area contributed by atoms with Gasteiger partial charge in [0.15, 0.2) is 5.82 Å². The number of benzene rings is 2. The number of ether oxygens (including phenoxy) is 1. The predicted molar refractivity (Wildman–Crippen MR) is 120 cm³/mol. The molecule has 2 aromatic heterocycles. The number of rotatable bonds is 6. The number of aromatic nitrogens is 3. The number of carbonyl (C=O) groups is 1. The molecule has 4 aromatic rings. The van der Waals surface area contributed by atoms with Crippen molar-refractivity contribution >= 4 is 17.5 Å². The molecule has 0 bridgehead atoms. The van der Waals surface area contributed by atoms with Crippen LogP contribution in [-0.4, -0.2) is 32.2 Å². The smallest absolute Gasteiger partial charge is 0.478 e. The van der Waals surface area contributed by atoms with Crippen molar-refractivity contribution in [2.24, 2.45) is 0 Å².